The van der Waals surface area contributed by atoms with Crippen molar-refractivity contribution >= 4 is 11.8 Å². The van der Waals surface area contributed by atoms with E-state index in [1.165, 1.54) is 4.90 Å². The number of hydrogen-bond donors (Lipinski definition) is 1. The second-order valence-corrected chi connectivity index (χ2v) is 5.77. The molecule has 2 heterocycles. The molecule has 2 amide bonds. The van der Waals surface area contributed by atoms with Crippen molar-refractivity contribution in [2.75, 3.05) is 13.1 Å². The van der Waals surface area contributed by atoms with Gasteiger partial charge >= 0.3 is 0 Å². The first-order valence-electron chi connectivity index (χ1n) is 6.79. The topological polar surface area (TPSA) is 49.4 Å². The summed E-state index contributed by atoms with van der Waals surface area (Å²) in [6.45, 7) is 1.62. The Labute approximate surface area is 102 Å². The van der Waals surface area contributed by atoms with Gasteiger partial charge in [-0.25, -0.2) is 0 Å². The number of carbonyl (C=O) groups is 2. The summed E-state index contributed by atoms with van der Waals surface area (Å²) in [5, 5.41) is 3.36. The lowest BCUT2D eigenvalue weighted by Gasteiger charge is -2.23. The molecule has 1 atom stereocenters. The third-order valence-corrected chi connectivity index (χ3v) is 4.62. The van der Waals surface area contributed by atoms with Gasteiger partial charge in [-0.3, -0.25) is 14.5 Å². The van der Waals surface area contributed by atoms with E-state index in [0.717, 1.165) is 45.1 Å². The predicted octanol–water partition coefficient (Wildman–Crippen LogP) is 1.06. The van der Waals surface area contributed by atoms with Gasteiger partial charge in [0.15, 0.2) is 0 Å². The molecule has 3 aliphatic rings. The van der Waals surface area contributed by atoms with E-state index in [0.29, 0.717) is 19.0 Å². The minimum Gasteiger partial charge on any atom is -0.312 e. The van der Waals surface area contributed by atoms with Gasteiger partial charge in [0.1, 0.15) is 0 Å². The van der Waals surface area contributed by atoms with Crippen molar-refractivity contribution in [2.45, 2.75) is 51.0 Å². The van der Waals surface area contributed by atoms with Crippen LogP contribution < -0.4 is 5.32 Å². The molecule has 0 aromatic rings. The van der Waals surface area contributed by atoms with Crippen LogP contribution in [0.1, 0.15) is 44.9 Å². The Kier molecular flexibility index (Phi) is 2.69. The lowest BCUT2D eigenvalue weighted by molar-refractivity contribution is -0.141. The van der Waals surface area contributed by atoms with E-state index in [-0.39, 0.29) is 17.2 Å². The van der Waals surface area contributed by atoms with Gasteiger partial charge in [-0.05, 0) is 32.2 Å². The molecule has 1 N–H and O–H groups in total. The first-order chi connectivity index (χ1) is 8.21. The first kappa shape index (κ1) is 11.2. The van der Waals surface area contributed by atoms with Crippen LogP contribution in [0, 0.1) is 5.41 Å². The fourth-order valence-electron chi connectivity index (χ4n) is 3.62. The van der Waals surface area contributed by atoms with E-state index in [1.54, 1.807) is 0 Å². The summed E-state index contributed by atoms with van der Waals surface area (Å²) in [5.74, 6) is 0.180. The fraction of sp³-hybridized carbons (Fsp3) is 0.846. The van der Waals surface area contributed by atoms with Crippen LogP contribution in [0.3, 0.4) is 0 Å². The van der Waals surface area contributed by atoms with E-state index in [2.05, 4.69) is 5.32 Å². The lowest BCUT2D eigenvalue weighted by atomic mass is 9.84. The van der Waals surface area contributed by atoms with Gasteiger partial charge < -0.3 is 5.32 Å². The first-order valence-corrected chi connectivity index (χ1v) is 6.79. The van der Waals surface area contributed by atoms with E-state index >= 15 is 0 Å². The minimum absolute atomic E-state index is 0.0607. The molecule has 0 radical (unpaired) electrons. The number of carbonyl (C=O) groups excluding carboxylic acids is 2. The molecule has 3 fully saturated rings. The molecule has 4 nitrogen and oxygen atoms in total. The highest BCUT2D eigenvalue weighted by Crippen LogP contribution is 2.46. The Balaban J connectivity index is 1.72. The van der Waals surface area contributed by atoms with Gasteiger partial charge in [0, 0.05) is 19.0 Å². The summed E-state index contributed by atoms with van der Waals surface area (Å²) in [7, 11) is 0. The average molecular weight is 236 g/mol. The van der Waals surface area contributed by atoms with Crippen molar-refractivity contribution in [3.05, 3.63) is 0 Å². The van der Waals surface area contributed by atoms with Crippen LogP contribution in [0.5, 0.6) is 0 Å². The molecule has 0 aromatic heterocycles. The maximum atomic E-state index is 12.4. The van der Waals surface area contributed by atoms with Gasteiger partial charge in [-0.1, -0.05) is 12.8 Å². The average Bonchev–Trinajstić information content (AvgIpc) is 2.99. The summed E-state index contributed by atoms with van der Waals surface area (Å²) < 4.78 is 0. The number of imide groups is 1. The van der Waals surface area contributed by atoms with E-state index < -0.39 is 0 Å². The van der Waals surface area contributed by atoms with Crippen LogP contribution in [0.2, 0.25) is 0 Å². The zero-order valence-corrected chi connectivity index (χ0v) is 10.2. The smallest absolute Gasteiger partial charge is 0.235 e. The summed E-state index contributed by atoms with van der Waals surface area (Å²) in [5.41, 5.74) is -0.296. The Bertz CT molecular complexity index is 341. The number of hydrogen-bond acceptors (Lipinski definition) is 3. The van der Waals surface area contributed by atoms with Crippen LogP contribution in [-0.2, 0) is 9.59 Å². The zero-order chi connectivity index (χ0) is 11.9. The normalized spacial score (nSPS) is 32.0. The van der Waals surface area contributed by atoms with Crippen LogP contribution in [0.15, 0.2) is 0 Å². The van der Waals surface area contributed by atoms with Crippen molar-refractivity contribution in [2.24, 2.45) is 5.41 Å². The van der Waals surface area contributed by atoms with Crippen molar-refractivity contribution in [3.63, 3.8) is 0 Å². The summed E-state index contributed by atoms with van der Waals surface area (Å²) >= 11 is 0. The molecular formula is C13H20N2O2. The van der Waals surface area contributed by atoms with E-state index in [1.807, 2.05) is 0 Å². The highest BCUT2D eigenvalue weighted by molar-refractivity contribution is 6.06. The molecule has 0 bridgehead atoms. The van der Waals surface area contributed by atoms with Crippen molar-refractivity contribution < 1.29 is 9.59 Å². The Morgan fingerprint density at radius 1 is 1.24 bits per heavy atom. The summed E-state index contributed by atoms with van der Waals surface area (Å²) in [6.07, 6.45) is 6.77. The number of nitrogens with one attached hydrogen (secondary N) is 1. The SMILES string of the molecule is O=C1CC2(CCCC2)C(=O)N1CC1CCCN1. The summed E-state index contributed by atoms with van der Waals surface area (Å²) in [6, 6.07) is 0.333. The van der Waals surface area contributed by atoms with Gasteiger partial charge in [0.2, 0.25) is 11.8 Å². The van der Waals surface area contributed by atoms with E-state index in [9.17, 15) is 9.59 Å². The Morgan fingerprint density at radius 3 is 2.65 bits per heavy atom. The summed E-state index contributed by atoms with van der Waals surface area (Å²) in [4.78, 5) is 26.0. The molecule has 2 saturated heterocycles. The monoisotopic (exact) mass is 236 g/mol. The quantitative estimate of drug-likeness (QED) is 0.729. The Morgan fingerprint density at radius 2 is 2.00 bits per heavy atom. The van der Waals surface area contributed by atoms with Crippen LogP contribution in [0.25, 0.3) is 0 Å². The van der Waals surface area contributed by atoms with Gasteiger partial charge in [0.25, 0.3) is 0 Å². The number of nitrogens with zero attached hydrogens (tertiary/aromatic N) is 1. The molecule has 1 aliphatic carbocycles. The standard InChI is InChI=1S/C13H20N2O2/c16-11-8-13(5-1-2-6-13)12(17)15(11)9-10-4-3-7-14-10/h10,14H,1-9H2. The second kappa shape index (κ2) is 4.09. The van der Waals surface area contributed by atoms with Crippen LogP contribution in [-0.4, -0.2) is 35.8 Å². The molecule has 2 aliphatic heterocycles. The molecule has 1 spiro atoms. The van der Waals surface area contributed by atoms with Gasteiger partial charge in [0.05, 0.1) is 5.41 Å². The van der Waals surface area contributed by atoms with Crippen LogP contribution in [0.4, 0.5) is 0 Å². The molecule has 17 heavy (non-hydrogen) atoms. The second-order valence-electron chi connectivity index (χ2n) is 5.77. The molecule has 1 saturated carbocycles. The minimum atomic E-state index is -0.296. The van der Waals surface area contributed by atoms with Gasteiger partial charge in [-0.15, -0.1) is 0 Å². The third kappa shape index (κ3) is 1.79. The molecule has 4 heteroatoms. The third-order valence-electron chi connectivity index (χ3n) is 4.62. The van der Waals surface area contributed by atoms with Crippen LogP contribution >= 0.6 is 0 Å². The van der Waals surface area contributed by atoms with Gasteiger partial charge in [-0.2, -0.15) is 0 Å². The maximum Gasteiger partial charge on any atom is 0.235 e. The Hall–Kier alpha value is -0.900. The molecule has 3 rings (SSSR count). The lowest BCUT2D eigenvalue weighted by Crippen LogP contribution is -2.42. The number of rotatable bonds is 2. The zero-order valence-electron chi connectivity index (χ0n) is 10.2. The molecule has 0 aromatic carbocycles. The van der Waals surface area contributed by atoms with Crippen molar-refractivity contribution in [1.82, 2.24) is 10.2 Å². The number of amides is 2. The predicted molar refractivity (Wildman–Crippen MR) is 63.3 cm³/mol. The molecular weight excluding hydrogens is 216 g/mol. The molecule has 1 unspecified atom stereocenters. The largest absolute Gasteiger partial charge is 0.312 e. The van der Waals surface area contributed by atoms with Crippen molar-refractivity contribution in [3.8, 4) is 0 Å². The molecule has 94 valence electrons. The van der Waals surface area contributed by atoms with E-state index in [4.69, 9.17) is 0 Å². The maximum absolute atomic E-state index is 12.4. The number of likely N-dealkylation sites (tertiary alicyclic amines) is 1. The fourth-order valence-corrected chi connectivity index (χ4v) is 3.62. The highest BCUT2D eigenvalue weighted by Gasteiger charge is 2.52. The highest BCUT2D eigenvalue weighted by atomic mass is 16.2. The van der Waals surface area contributed by atoms with Crippen molar-refractivity contribution in [1.29, 1.82) is 0 Å².